The highest BCUT2D eigenvalue weighted by Crippen LogP contribution is 2.48. The second-order valence-corrected chi connectivity index (χ2v) is 14.7. The minimum absolute atomic E-state index is 0.0218. The lowest BCUT2D eigenvalue weighted by molar-refractivity contribution is -0.287. The van der Waals surface area contributed by atoms with E-state index in [1.165, 1.54) is 6.07 Å². The maximum atomic E-state index is 14.2. The van der Waals surface area contributed by atoms with E-state index in [1.807, 2.05) is 62.9 Å². The molecule has 0 aliphatic carbocycles. The fourth-order valence-electron chi connectivity index (χ4n) is 6.63. The Kier molecular flexibility index (Phi) is 9.10. The normalized spacial score (nSPS) is 21.5. The number of likely N-dealkylation sites (tertiary alicyclic amines) is 1. The molecule has 8 nitrogen and oxygen atoms in total. The van der Waals surface area contributed by atoms with Gasteiger partial charge in [-0.05, 0) is 63.5 Å². The van der Waals surface area contributed by atoms with E-state index in [0.717, 1.165) is 24.0 Å². The molecule has 2 aromatic rings. The number of hydrogen-bond acceptors (Lipinski definition) is 6. The fraction of sp³-hybridized carbons (Fsp3) is 0.600. The van der Waals surface area contributed by atoms with Gasteiger partial charge < -0.3 is 24.0 Å². The number of carbonyl (C=O) groups excluding carboxylic acids is 2. The fourth-order valence-corrected chi connectivity index (χ4v) is 6.63. The summed E-state index contributed by atoms with van der Waals surface area (Å²) in [6, 6.07) is 12.6. The van der Waals surface area contributed by atoms with Crippen molar-refractivity contribution < 1.29 is 32.6 Å². The van der Waals surface area contributed by atoms with Crippen LogP contribution in [0.3, 0.4) is 0 Å². The molecular formula is C35H47F2N3O5. The number of carbonyl (C=O) groups is 2. The van der Waals surface area contributed by atoms with Crippen molar-refractivity contribution in [2.75, 3.05) is 32.7 Å². The van der Waals surface area contributed by atoms with Gasteiger partial charge in [-0.25, -0.2) is 4.79 Å². The molecule has 246 valence electrons. The Bertz CT molecular complexity index is 1380. The molecular weight excluding hydrogens is 580 g/mol. The lowest BCUT2D eigenvalue weighted by atomic mass is 9.82. The van der Waals surface area contributed by atoms with Crippen molar-refractivity contribution >= 4 is 12.0 Å². The third-order valence-electron chi connectivity index (χ3n) is 8.97. The Hall–Kier alpha value is -3.40. The van der Waals surface area contributed by atoms with Crippen LogP contribution in [0.1, 0.15) is 83.5 Å². The van der Waals surface area contributed by atoms with Crippen LogP contribution in [0.2, 0.25) is 0 Å². The molecule has 2 fully saturated rings. The highest BCUT2D eigenvalue weighted by molar-refractivity contribution is 5.77. The first-order valence-electron chi connectivity index (χ1n) is 16.0. The predicted molar refractivity (Wildman–Crippen MR) is 167 cm³/mol. The van der Waals surface area contributed by atoms with Crippen molar-refractivity contribution in [2.45, 2.75) is 91.7 Å². The topological polar surface area (TPSA) is 71.6 Å². The molecule has 0 spiro atoms. The van der Waals surface area contributed by atoms with Gasteiger partial charge in [0, 0.05) is 50.7 Å². The Balaban J connectivity index is 1.33. The molecule has 3 aliphatic heterocycles. The second-order valence-electron chi connectivity index (χ2n) is 14.7. The van der Waals surface area contributed by atoms with Gasteiger partial charge in [0.25, 0.3) is 0 Å². The van der Waals surface area contributed by atoms with Gasteiger partial charge in [-0.15, -0.1) is 8.78 Å². The lowest BCUT2D eigenvalue weighted by Crippen LogP contribution is -2.60. The number of halogens is 2. The molecule has 0 bridgehead atoms. The van der Waals surface area contributed by atoms with E-state index >= 15 is 0 Å². The number of fused-ring (bicyclic) bond motifs is 1. The smallest absolute Gasteiger partial charge is 0.444 e. The molecule has 2 amide bonds. The van der Waals surface area contributed by atoms with Gasteiger partial charge in [0.15, 0.2) is 11.5 Å². The Labute approximate surface area is 265 Å². The van der Waals surface area contributed by atoms with Crippen LogP contribution in [0.4, 0.5) is 13.6 Å². The summed E-state index contributed by atoms with van der Waals surface area (Å²) < 4.78 is 43.8. The van der Waals surface area contributed by atoms with E-state index in [0.29, 0.717) is 44.7 Å². The second kappa shape index (κ2) is 12.4. The third-order valence-corrected chi connectivity index (χ3v) is 8.97. The van der Waals surface area contributed by atoms with Crippen LogP contribution in [0.5, 0.6) is 11.5 Å². The standard InChI is InChI=1S/C35H47F2N3O5/c1-23-11-13-25(14-12-23)30(26-9-8-10-27-31(26)44-35(36,37)43-27)39-19-20-40(28(22-39)33(2,3)4)29(41)21-24-15-17-38(18-16-24)32(42)45-34(5,6)7/h8-14,24,28,30H,15-22H2,1-7H3. The molecule has 0 saturated carbocycles. The van der Waals surface area contributed by atoms with Gasteiger partial charge in [0.1, 0.15) is 5.60 Å². The van der Waals surface area contributed by atoms with Crippen LogP contribution in [0, 0.1) is 18.3 Å². The number of para-hydroxylation sites is 1. The van der Waals surface area contributed by atoms with E-state index in [1.54, 1.807) is 11.0 Å². The molecule has 2 unspecified atom stereocenters. The van der Waals surface area contributed by atoms with Crippen LogP contribution >= 0.6 is 0 Å². The summed E-state index contributed by atoms with van der Waals surface area (Å²) in [4.78, 5) is 32.4. The number of piperazine rings is 1. The summed E-state index contributed by atoms with van der Waals surface area (Å²) >= 11 is 0. The Morgan fingerprint density at radius 2 is 1.62 bits per heavy atom. The molecule has 3 heterocycles. The molecule has 3 aliphatic rings. The molecule has 0 N–H and O–H groups in total. The largest absolute Gasteiger partial charge is 0.586 e. The number of aryl methyl sites for hydroxylation is 1. The zero-order chi connectivity index (χ0) is 32.7. The first kappa shape index (κ1) is 33.0. The minimum atomic E-state index is -3.72. The first-order valence-corrected chi connectivity index (χ1v) is 16.0. The Morgan fingerprint density at radius 1 is 0.956 bits per heavy atom. The first-order chi connectivity index (χ1) is 21.0. The quantitative estimate of drug-likeness (QED) is 0.356. The summed E-state index contributed by atoms with van der Waals surface area (Å²) in [6.07, 6.45) is -2.08. The van der Waals surface area contributed by atoms with Crippen LogP contribution in [0.25, 0.3) is 0 Å². The van der Waals surface area contributed by atoms with Crippen molar-refractivity contribution in [1.82, 2.24) is 14.7 Å². The van der Waals surface area contributed by atoms with Gasteiger partial charge in [-0.1, -0.05) is 62.7 Å². The number of rotatable bonds is 5. The molecule has 0 aromatic heterocycles. The van der Waals surface area contributed by atoms with E-state index in [4.69, 9.17) is 14.2 Å². The molecule has 2 saturated heterocycles. The summed E-state index contributed by atoms with van der Waals surface area (Å²) in [5.41, 5.74) is 1.88. The SMILES string of the molecule is Cc1ccc(C(c2cccc3c2OC(F)(F)O3)N2CCN(C(=O)CC3CCN(C(=O)OC(C)(C)C)CC3)C(C(C)(C)C)C2)cc1. The van der Waals surface area contributed by atoms with Crippen molar-refractivity contribution in [2.24, 2.45) is 11.3 Å². The highest BCUT2D eigenvalue weighted by atomic mass is 19.3. The molecule has 0 radical (unpaired) electrons. The number of benzene rings is 2. The number of piperidine rings is 1. The van der Waals surface area contributed by atoms with E-state index in [-0.39, 0.29) is 46.9 Å². The van der Waals surface area contributed by atoms with Gasteiger partial charge in [-0.3, -0.25) is 9.69 Å². The van der Waals surface area contributed by atoms with E-state index in [2.05, 4.69) is 25.7 Å². The average molecular weight is 628 g/mol. The van der Waals surface area contributed by atoms with Crippen molar-refractivity contribution in [3.8, 4) is 11.5 Å². The molecule has 10 heteroatoms. The minimum Gasteiger partial charge on any atom is -0.444 e. The van der Waals surface area contributed by atoms with Crippen molar-refractivity contribution in [3.63, 3.8) is 0 Å². The zero-order valence-electron chi connectivity index (χ0n) is 27.6. The van der Waals surface area contributed by atoms with Crippen LogP contribution in [-0.4, -0.2) is 77.4 Å². The summed E-state index contributed by atoms with van der Waals surface area (Å²) in [5.74, 6) is 0.389. The summed E-state index contributed by atoms with van der Waals surface area (Å²) in [6.45, 7) is 16.8. The molecule has 2 aromatic carbocycles. The van der Waals surface area contributed by atoms with Crippen LogP contribution in [-0.2, 0) is 9.53 Å². The average Bonchev–Trinajstić information content (AvgIpc) is 3.27. The number of ether oxygens (including phenoxy) is 3. The van der Waals surface area contributed by atoms with Crippen molar-refractivity contribution in [3.05, 3.63) is 59.2 Å². The summed E-state index contributed by atoms with van der Waals surface area (Å²) in [7, 11) is 0. The zero-order valence-corrected chi connectivity index (χ0v) is 27.6. The maximum Gasteiger partial charge on any atom is 0.586 e. The van der Waals surface area contributed by atoms with E-state index in [9.17, 15) is 18.4 Å². The monoisotopic (exact) mass is 627 g/mol. The van der Waals surface area contributed by atoms with Gasteiger partial charge in [-0.2, -0.15) is 0 Å². The van der Waals surface area contributed by atoms with Gasteiger partial charge >= 0.3 is 12.4 Å². The maximum absolute atomic E-state index is 14.2. The molecule has 45 heavy (non-hydrogen) atoms. The van der Waals surface area contributed by atoms with Gasteiger partial charge in [0.2, 0.25) is 5.91 Å². The van der Waals surface area contributed by atoms with Gasteiger partial charge in [0.05, 0.1) is 6.04 Å². The third kappa shape index (κ3) is 7.71. The predicted octanol–water partition coefficient (Wildman–Crippen LogP) is 7.00. The Morgan fingerprint density at radius 3 is 2.24 bits per heavy atom. The van der Waals surface area contributed by atoms with E-state index < -0.39 is 11.9 Å². The lowest BCUT2D eigenvalue weighted by Gasteiger charge is -2.50. The number of nitrogens with zero attached hydrogens (tertiary/aromatic N) is 3. The molecule has 2 atom stereocenters. The molecule has 5 rings (SSSR count). The van der Waals surface area contributed by atoms with Crippen LogP contribution < -0.4 is 9.47 Å². The van der Waals surface area contributed by atoms with Crippen molar-refractivity contribution in [1.29, 1.82) is 0 Å². The number of hydrogen-bond donors (Lipinski definition) is 0. The number of amides is 2. The summed E-state index contributed by atoms with van der Waals surface area (Å²) in [5, 5.41) is 0. The number of alkyl halides is 2. The van der Waals surface area contributed by atoms with Crippen LogP contribution in [0.15, 0.2) is 42.5 Å². The highest BCUT2D eigenvalue weighted by Gasteiger charge is 2.47.